The maximum atomic E-state index is 13.5. The number of rotatable bonds is 6. The first-order valence-corrected chi connectivity index (χ1v) is 11.7. The van der Waals surface area contributed by atoms with Crippen molar-refractivity contribution >= 4 is 22.8 Å². The molecular weight excluding hydrogens is 481 g/mol. The summed E-state index contributed by atoms with van der Waals surface area (Å²) in [5.74, 6) is -2.09. The Morgan fingerprint density at radius 1 is 1.32 bits per heavy atom. The molecule has 0 bridgehead atoms. The number of pyridine rings is 2. The molecule has 0 saturated heterocycles. The summed E-state index contributed by atoms with van der Waals surface area (Å²) in [6.07, 6.45) is 0.853. The molecule has 11 heteroatoms. The highest BCUT2D eigenvalue weighted by atomic mass is 19.1. The first kappa shape index (κ1) is 25.6. The Balaban J connectivity index is 1.88. The number of aromatic nitrogens is 2. The number of likely N-dealkylation sites (N-methyl/N-ethyl adjacent to an activating group) is 1. The van der Waals surface area contributed by atoms with Crippen molar-refractivity contribution in [2.24, 2.45) is 5.41 Å². The highest BCUT2D eigenvalue weighted by Crippen LogP contribution is 2.37. The number of nitriles is 1. The van der Waals surface area contributed by atoms with Gasteiger partial charge >= 0.3 is 0 Å². The number of hydrogen-bond donors (Lipinski definition) is 3. The van der Waals surface area contributed by atoms with Gasteiger partial charge in [-0.3, -0.25) is 19.4 Å². The van der Waals surface area contributed by atoms with E-state index in [1.54, 1.807) is 26.0 Å². The minimum absolute atomic E-state index is 0.0202. The van der Waals surface area contributed by atoms with E-state index in [9.17, 15) is 29.1 Å². The monoisotopic (exact) mass is 507 g/mol. The zero-order chi connectivity index (χ0) is 26.9. The molecule has 0 fully saturated rings. The highest BCUT2D eigenvalue weighted by Gasteiger charge is 2.32. The van der Waals surface area contributed by atoms with Gasteiger partial charge in [0.1, 0.15) is 22.4 Å². The molecule has 0 spiro atoms. The number of halogens is 1. The lowest BCUT2D eigenvalue weighted by molar-refractivity contribution is -0.127. The van der Waals surface area contributed by atoms with Crippen molar-refractivity contribution in [1.82, 2.24) is 20.2 Å². The van der Waals surface area contributed by atoms with Gasteiger partial charge in [0.25, 0.3) is 17.4 Å². The van der Waals surface area contributed by atoms with Gasteiger partial charge in [0, 0.05) is 44.7 Å². The number of nitrogens with zero attached hydrogens (tertiary/aromatic N) is 3. The lowest BCUT2D eigenvalue weighted by Crippen LogP contribution is -2.38. The van der Waals surface area contributed by atoms with E-state index in [0.29, 0.717) is 5.56 Å². The summed E-state index contributed by atoms with van der Waals surface area (Å²) in [7, 11) is 1.47. The van der Waals surface area contributed by atoms with Gasteiger partial charge in [-0.2, -0.15) is 5.26 Å². The standard InChI is InChI=1S/C26H26FN5O5/c1-26(2,12-28)13-31-24(35)18-21(33)19-20-22(15(11-30-19)10-14-4-6-16(27)7-5-14)37-17(23(34)29-3)8-9-32(20)25(18)36/h4-7,11,17,33H,8-10,13H2,1-3H3,(H,29,34)(H,31,35)/t17-/m0/s1. The number of carbonyl (C=O) groups excluding carboxylic acids is 2. The molecule has 0 aliphatic carbocycles. The summed E-state index contributed by atoms with van der Waals surface area (Å²) in [6.45, 7) is 3.23. The van der Waals surface area contributed by atoms with Crippen LogP contribution in [0.4, 0.5) is 4.39 Å². The topological polar surface area (TPSA) is 146 Å². The average molecular weight is 508 g/mol. The van der Waals surface area contributed by atoms with Gasteiger partial charge in [0.05, 0.1) is 11.5 Å². The Morgan fingerprint density at radius 3 is 2.68 bits per heavy atom. The SMILES string of the molecule is CNC(=O)[C@@H]1CCn2c(=O)c(C(=O)NCC(C)(C)C#N)c(O)c3ncc(Cc4ccc(F)cc4)c(c32)O1. The van der Waals surface area contributed by atoms with Crippen LogP contribution in [0.1, 0.15) is 41.8 Å². The van der Waals surface area contributed by atoms with E-state index in [-0.39, 0.29) is 42.7 Å². The second-order valence-electron chi connectivity index (χ2n) is 9.48. The average Bonchev–Trinajstić information content (AvgIpc) is 3.09. The van der Waals surface area contributed by atoms with Crippen molar-refractivity contribution in [2.45, 2.75) is 39.3 Å². The molecule has 0 radical (unpaired) electrons. The fraction of sp³-hybridized carbons (Fsp3) is 0.346. The molecule has 1 aliphatic heterocycles. The molecule has 10 nitrogen and oxygen atoms in total. The van der Waals surface area contributed by atoms with Crippen molar-refractivity contribution in [1.29, 1.82) is 5.26 Å². The molecular formula is C26H26FN5O5. The molecule has 3 heterocycles. The number of aromatic hydroxyl groups is 1. The van der Waals surface area contributed by atoms with Crippen molar-refractivity contribution in [2.75, 3.05) is 13.6 Å². The Hall–Kier alpha value is -4.46. The number of benzene rings is 1. The third kappa shape index (κ3) is 4.95. The van der Waals surface area contributed by atoms with E-state index in [4.69, 9.17) is 4.74 Å². The largest absolute Gasteiger partial charge is 0.505 e. The molecule has 3 N–H and O–H groups in total. The zero-order valence-electron chi connectivity index (χ0n) is 20.6. The lowest BCUT2D eigenvalue weighted by atomic mass is 9.96. The minimum Gasteiger partial charge on any atom is -0.505 e. The molecule has 0 unspecified atom stereocenters. The second kappa shape index (κ2) is 9.89. The minimum atomic E-state index is -0.947. The number of hydrogen-bond acceptors (Lipinski definition) is 7. The first-order chi connectivity index (χ1) is 17.6. The van der Waals surface area contributed by atoms with Crippen LogP contribution in [-0.4, -0.2) is 46.2 Å². The van der Waals surface area contributed by atoms with E-state index < -0.39 is 46.0 Å². The summed E-state index contributed by atoms with van der Waals surface area (Å²) in [5.41, 5.74) is -0.820. The van der Waals surface area contributed by atoms with Gasteiger partial charge in [0.2, 0.25) is 0 Å². The van der Waals surface area contributed by atoms with Crippen LogP contribution in [-0.2, 0) is 17.8 Å². The molecule has 4 rings (SSSR count). The quantitative estimate of drug-likeness (QED) is 0.463. The third-order valence-corrected chi connectivity index (χ3v) is 6.21. The number of amides is 2. The van der Waals surface area contributed by atoms with E-state index in [1.165, 1.54) is 29.9 Å². The van der Waals surface area contributed by atoms with Gasteiger partial charge in [0.15, 0.2) is 17.6 Å². The van der Waals surface area contributed by atoms with Gasteiger partial charge in [-0.05, 0) is 31.5 Å². The summed E-state index contributed by atoms with van der Waals surface area (Å²) >= 11 is 0. The van der Waals surface area contributed by atoms with Gasteiger partial charge < -0.3 is 25.0 Å². The molecule has 192 valence electrons. The first-order valence-electron chi connectivity index (χ1n) is 11.7. The molecule has 0 saturated carbocycles. The lowest BCUT2D eigenvalue weighted by Gasteiger charge is -2.19. The molecule has 1 aromatic carbocycles. The normalized spacial score (nSPS) is 14.8. The Kier molecular flexibility index (Phi) is 6.85. The summed E-state index contributed by atoms with van der Waals surface area (Å²) in [5, 5.41) is 25.3. The van der Waals surface area contributed by atoms with E-state index in [0.717, 1.165) is 5.56 Å². The van der Waals surface area contributed by atoms with Crippen LogP contribution in [0.5, 0.6) is 11.5 Å². The molecule has 3 aromatic rings. The Labute approximate surface area is 211 Å². The van der Waals surface area contributed by atoms with Crippen molar-refractivity contribution in [3.8, 4) is 17.6 Å². The van der Waals surface area contributed by atoms with Crippen LogP contribution in [0, 0.1) is 22.6 Å². The second-order valence-corrected chi connectivity index (χ2v) is 9.48. The number of ether oxygens (including phenoxy) is 1. The number of aryl methyl sites for hydroxylation is 1. The predicted octanol–water partition coefficient (Wildman–Crippen LogP) is 2.01. The van der Waals surface area contributed by atoms with E-state index in [2.05, 4.69) is 21.7 Å². The Bertz CT molecular complexity index is 1490. The predicted molar refractivity (Wildman–Crippen MR) is 132 cm³/mol. The van der Waals surface area contributed by atoms with E-state index >= 15 is 0 Å². The molecule has 2 amide bonds. The van der Waals surface area contributed by atoms with Crippen LogP contribution in [0.2, 0.25) is 0 Å². The van der Waals surface area contributed by atoms with Crippen LogP contribution < -0.4 is 20.9 Å². The fourth-order valence-electron chi connectivity index (χ4n) is 4.12. The molecule has 1 atom stereocenters. The third-order valence-electron chi connectivity index (χ3n) is 6.21. The van der Waals surface area contributed by atoms with Gasteiger partial charge in [-0.25, -0.2) is 4.39 Å². The number of carbonyl (C=O) groups is 2. The number of nitrogens with one attached hydrogen (secondary N) is 2. The fourth-order valence-corrected chi connectivity index (χ4v) is 4.12. The molecule has 1 aliphatic rings. The van der Waals surface area contributed by atoms with Crippen molar-refractivity contribution < 1.29 is 23.8 Å². The van der Waals surface area contributed by atoms with Crippen LogP contribution in [0.15, 0.2) is 35.3 Å². The van der Waals surface area contributed by atoms with Gasteiger partial charge in [-0.1, -0.05) is 12.1 Å². The van der Waals surface area contributed by atoms with Crippen LogP contribution >= 0.6 is 0 Å². The summed E-state index contributed by atoms with van der Waals surface area (Å²) in [4.78, 5) is 43.3. The van der Waals surface area contributed by atoms with E-state index in [1.807, 2.05) is 0 Å². The summed E-state index contributed by atoms with van der Waals surface area (Å²) < 4.78 is 20.8. The maximum absolute atomic E-state index is 13.5. The van der Waals surface area contributed by atoms with Crippen molar-refractivity contribution in [3.63, 3.8) is 0 Å². The van der Waals surface area contributed by atoms with Crippen molar-refractivity contribution in [3.05, 3.63) is 63.3 Å². The zero-order valence-corrected chi connectivity index (χ0v) is 20.6. The van der Waals surface area contributed by atoms with Crippen LogP contribution in [0.25, 0.3) is 11.0 Å². The van der Waals surface area contributed by atoms with Crippen LogP contribution in [0.3, 0.4) is 0 Å². The molecule has 37 heavy (non-hydrogen) atoms. The highest BCUT2D eigenvalue weighted by molar-refractivity contribution is 6.02. The summed E-state index contributed by atoms with van der Waals surface area (Å²) in [6, 6.07) is 7.88. The molecule has 2 aromatic heterocycles. The smallest absolute Gasteiger partial charge is 0.267 e. The Morgan fingerprint density at radius 2 is 2.03 bits per heavy atom. The van der Waals surface area contributed by atoms with Gasteiger partial charge in [-0.15, -0.1) is 0 Å². The maximum Gasteiger partial charge on any atom is 0.267 e.